The molecule has 0 heterocycles. The van der Waals surface area contributed by atoms with Crippen LogP contribution in [0.15, 0.2) is 48.5 Å². The van der Waals surface area contributed by atoms with Gasteiger partial charge in [-0.25, -0.2) is 0 Å². The van der Waals surface area contributed by atoms with E-state index in [-0.39, 0.29) is 27.8 Å². The third-order valence-corrected chi connectivity index (χ3v) is 3.53. The van der Waals surface area contributed by atoms with Gasteiger partial charge in [0.25, 0.3) is 17.5 Å². The lowest BCUT2D eigenvalue weighted by atomic mass is 10.1. The Labute approximate surface area is 164 Å². The molecule has 2 aromatic carbocycles. The first-order chi connectivity index (χ1) is 13.3. The summed E-state index contributed by atoms with van der Waals surface area (Å²) in [6, 6.07) is 11.4. The Morgan fingerprint density at radius 2 is 1.61 bits per heavy atom. The van der Waals surface area contributed by atoms with Gasteiger partial charge in [0.2, 0.25) is 5.91 Å². The van der Waals surface area contributed by atoms with Crippen LogP contribution >= 0.6 is 12.2 Å². The van der Waals surface area contributed by atoms with Crippen molar-refractivity contribution < 1.29 is 19.3 Å². The number of carbonyl (C=O) groups is 3. The van der Waals surface area contributed by atoms with Gasteiger partial charge >= 0.3 is 0 Å². The number of nitrogens with zero attached hydrogens (tertiary/aromatic N) is 1. The minimum Gasteiger partial charge on any atom is -0.326 e. The summed E-state index contributed by atoms with van der Waals surface area (Å²) in [6.07, 6.45) is 0. The summed E-state index contributed by atoms with van der Waals surface area (Å²) in [7, 11) is 0. The van der Waals surface area contributed by atoms with Crippen LogP contribution in [0.5, 0.6) is 0 Å². The van der Waals surface area contributed by atoms with Crippen molar-refractivity contribution in [2.24, 2.45) is 0 Å². The molecule has 0 radical (unpaired) electrons. The highest BCUT2D eigenvalue weighted by molar-refractivity contribution is 7.80. The standard InChI is InChI=1S/C17H15N5O5S/c1-10(23)18-12-8-6-11(7-9-12)15(24)20-21-17(28)19-16(25)13-4-2-3-5-14(13)22(26)27/h2-9H,1H3,(H,18,23)(H,20,24)(H2,19,21,25,28). The van der Waals surface area contributed by atoms with E-state index >= 15 is 0 Å². The van der Waals surface area contributed by atoms with Gasteiger partial charge in [0.1, 0.15) is 5.56 Å². The van der Waals surface area contributed by atoms with Crippen molar-refractivity contribution in [3.8, 4) is 0 Å². The Morgan fingerprint density at radius 1 is 0.964 bits per heavy atom. The summed E-state index contributed by atoms with van der Waals surface area (Å²) in [5.41, 5.74) is 4.89. The highest BCUT2D eigenvalue weighted by atomic mass is 32.1. The number of nitro benzene ring substituents is 1. The average molecular weight is 401 g/mol. The fourth-order valence-electron chi connectivity index (χ4n) is 2.12. The van der Waals surface area contributed by atoms with E-state index in [2.05, 4.69) is 21.5 Å². The van der Waals surface area contributed by atoms with E-state index in [1.807, 2.05) is 0 Å². The van der Waals surface area contributed by atoms with Crippen molar-refractivity contribution >= 4 is 46.4 Å². The highest BCUT2D eigenvalue weighted by Gasteiger charge is 2.20. The summed E-state index contributed by atoms with van der Waals surface area (Å²) in [4.78, 5) is 45.4. The number of carbonyl (C=O) groups excluding carboxylic acids is 3. The van der Waals surface area contributed by atoms with E-state index in [1.165, 1.54) is 43.3 Å². The van der Waals surface area contributed by atoms with Crippen LogP contribution in [0, 0.1) is 10.1 Å². The minimum absolute atomic E-state index is 0.170. The van der Waals surface area contributed by atoms with Crippen molar-refractivity contribution in [3.63, 3.8) is 0 Å². The molecule has 2 aromatic rings. The van der Waals surface area contributed by atoms with E-state index in [0.717, 1.165) is 0 Å². The van der Waals surface area contributed by atoms with E-state index < -0.39 is 16.7 Å². The normalized spacial score (nSPS) is 9.75. The quantitative estimate of drug-likeness (QED) is 0.345. The lowest BCUT2D eigenvalue weighted by molar-refractivity contribution is -0.385. The number of para-hydroxylation sites is 1. The molecule has 0 unspecified atom stereocenters. The van der Waals surface area contributed by atoms with Gasteiger partial charge in [0.05, 0.1) is 4.92 Å². The predicted octanol–water partition coefficient (Wildman–Crippen LogP) is 1.50. The Bertz CT molecular complexity index is 945. The molecular weight excluding hydrogens is 386 g/mol. The maximum atomic E-state index is 12.1. The zero-order chi connectivity index (χ0) is 20.7. The van der Waals surface area contributed by atoms with Gasteiger partial charge in [0, 0.05) is 24.2 Å². The number of nitrogens with one attached hydrogen (secondary N) is 4. The molecule has 0 aliphatic carbocycles. The predicted molar refractivity (Wildman–Crippen MR) is 105 cm³/mol. The molecule has 3 amide bonds. The Balaban J connectivity index is 1.91. The molecule has 0 aliphatic rings. The van der Waals surface area contributed by atoms with Crippen molar-refractivity contribution in [1.82, 2.24) is 16.2 Å². The summed E-state index contributed by atoms with van der Waals surface area (Å²) < 4.78 is 0. The Hall–Kier alpha value is -3.86. The largest absolute Gasteiger partial charge is 0.326 e. The maximum absolute atomic E-state index is 12.1. The van der Waals surface area contributed by atoms with Gasteiger partial charge in [-0.15, -0.1) is 0 Å². The molecule has 0 atom stereocenters. The van der Waals surface area contributed by atoms with Gasteiger partial charge in [0.15, 0.2) is 5.11 Å². The average Bonchev–Trinajstić information content (AvgIpc) is 2.66. The summed E-state index contributed by atoms with van der Waals surface area (Å²) in [5.74, 6) is -1.58. The second-order valence-corrected chi connectivity index (χ2v) is 5.80. The number of hydrazine groups is 1. The molecule has 0 bridgehead atoms. The van der Waals surface area contributed by atoms with Crippen LogP contribution in [0.2, 0.25) is 0 Å². The molecule has 10 nitrogen and oxygen atoms in total. The van der Waals surface area contributed by atoms with Crippen LogP contribution in [-0.4, -0.2) is 27.8 Å². The second kappa shape index (κ2) is 9.19. The number of thiocarbonyl (C=S) groups is 1. The number of hydrogen-bond donors (Lipinski definition) is 4. The third kappa shape index (κ3) is 5.57. The van der Waals surface area contributed by atoms with Gasteiger partial charge < -0.3 is 5.32 Å². The zero-order valence-corrected chi connectivity index (χ0v) is 15.3. The van der Waals surface area contributed by atoms with Gasteiger partial charge in [-0.1, -0.05) is 12.1 Å². The second-order valence-electron chi connectivity index (χ2n) is 5.40. The first kappa shape index (κ1) is 20.5. The van der Waals surface area contributed by atoms with Crippen molar-refractivity contribution in [2.75, 3.05) is 5.32 Å². The van der Waals surface area contributed by atoms with Crippen LogP contribution in [-0.2, 0) is 4.79 Å². The first-order valence-electron chi connectivity index (χ1n) is 7.80. The number of rotatable bonds is 4. The smallest absolute Gasteiger partial charge is 0.282 e. The number of benzene rings is 2. The van der Waals surface area contributed by atoms with Crippen LogP contribution in [0.1, 0.15) is 27.6 Å². The van der Waals surface area contributed by atoms with Crippen molar-refractivity contribution in [3.05, 3.63) is 69.8 Å². The molecule has 0 fully saturated rings. The third-order valence-electron chi connectivity index (χ3n) is 3.33. The van der Waals surface area contributed by atoms with Crippen LogP contribution < -0.4 is 21.5 Å². The van der Waals surface area contributed by atoms with Crippen LogP contribution in [0.3, 0.4) is 0 Å². The Kier molecular flexibility index (Phi) is 6.71. The number of nitro groups is 1. The van der Waals surface area contributed by atoms with Crippen molar-refractivity contribution in [1.29, 1.82) is 0 Å². The van der Waals surface area contributed by atoms with E-state index in [9.17, 15) is 24.5 Å². The van der Waals surface area contributed by atoms with E-state index in [0.29, 0.717) is 5.69 Å². The van der Waals surface area contributed by atoms with E-state index in [4.69, 9.17) is 12.2 Å². The SMILES string of the molecule is CC(=O)Nc1ccc(C(=O)NNC(=S)NC(=O)c2ccccc2[N+](=O)[O-])cc1. The molecule has 0 saturated carbocycles. The topological polar surface area (TPSA) is 142 Å². The summed E-state index contributed by atoms with van der Waals surface area (Å²) in [5, 5.41) is 15.5. The first-order valence-corrected chi connectivity index (χ1v) is 8.21. The fraction of sp³-hybridized carbons (Fsp3) is 0.0588. The van der Waals surface area contributed by atoms with Gasteiger partial charge in [-0.2, -0.15) is 0 Å². The molecule has 4 N–H and O–H groups in total. The van der Waals surface area contributed by atoms with E-state index in [1.54, 1.807) is 12.1 Å². The number of anilines is 1. The lowest BCUT2D eigenvalue weighted by Gasteiger charge is -2.11. The molecular formula is C17H15N5O5S. The molecule has 11 heteroatoms. The molecule has 0 aromatic heterocycles. The van der Waals surface area contributed by atoms with Crippen LogP contribution in [0.4, 0.5) is 11.4 Å². The van der Waals surface area contributed by atoms with Crippen molar-refractivity contribution in [2.45, 2.75) is 6.92 Å². The number of amides is 3. The minimum atomic E-state index is -0.793. The molecule has 28 heavy (non-hydrogen) atoms. The molecule has 144 valence electrons. The summed E-state index contributed by atoms with van der Waals surface area (Å²) >= 11 is 4.90. The molecule has 0 saturated heterocycles. The molecule has 0 aliphatic heterocycles. The number of hydrogen-bond acceptors (Lipinski definition) is 6. The zero-order valence-electron chi connectivity index (χ0n) is 14.5. The molecule has 0 spiro atoms. The molecule has 2 rings (SSSR count). The monoisotopic (exact) mass is 401 g/mol. The fourth-order valence-corrected chi connectivity index (χ4v) is 2.26. The highest BCUT2D eigenvalue weighted by Crippen LogP contribution is 2.17. The Morgan fingerprint density at radius 3 is 2.21 bits per heavy atom. The lowest BCUT2D eigenvalue weighted by Crippen LogP contribution is -2.48. The van der Waals surface area contributed by atoms with Gasteiger partial charge in [-0.3, -0.25) is 40.7 Å². The maximum Gasteiger partial charge on any atom is 0.282 e. The van der Waals surface area contributed by atoms with Gasteiger partial charge in [-0.05, 0) is 42.5 Å². The summed E-state index contributed by atoms with van der Waals surface area (Å²) in [6.45, 7) is 1.36. The van der Waals surface area contributed by atoms with Crippen LogP contribution in [0.25, 0.3) is 0 Å².